The van der Waals surface area contributed by atoms with E-state index in [9.17, 15) is 0 Å². The van der Waals surface area contributed by atoms with Crippen LogP contribution >= 0.6 is 0 Å². The molecule has 1 aliphatic rings. The molecule has 0 aliphatic carbocycles. The standard InChI is InChI=1S/C17H31N/c1-5-9-15(2)16-10-7-6-8-11-17(3,4)12-13-18-14-16/h5,14-15,18H,1,6-13H2,2-4H3/b16-14+. The molecule has 18 heavy (non-hydrogen) atoms. The Kier molecular flexibility index (Phi) is 6.52. The number of allylic oxidation sites excluding steroid dienone is 2. The third-order valence-corrected chi connectivity index (χ3v) is 4.21. The van der Waals surface area contributed by atoms with E-state index < -0.39 is 0 Å². The Bertz CT molecular complexity index is 275. The first-order valence-corrected chi connectivity index (χ1v) is 7.58. The van der Waals surface area contributed by atoms with Gasteiger partial charge in [-0.15, -0.1) is 6.58 Å². The molecule has 1 heteroatoms. The van der Waals surface area contributed by atoms with Gasteiger partial charge in [-0.05, 0) is 49.6 Å². The fraction of sp³-hybridized carbons (Fsp3) is 0.765. The zero-order valence-corrected chi connectivity index (χ0v) is 12.6. The van der Waals surface area contributed by atoms with Gasteiger partial charge in [0, 0.05) is 6.54 Å². The van der Waals surface area contributed by atoms with Crippen molar-refractivity contribution in [2.45, 2.75) is 65.7 Å². The fourth-order valence-corrected chi connectivity index (χ4v) is 2.71. The minimum absolute atomic E-state index is 0.498. The lowest BCUT2D eigenvalue weighted by Crippen LogP contribution is -2.19. The molecule has 1 rings (SSSR count). The van der Waals surface area contributed by atoms with Crippen molar-refractivity contribution in [3.63, 3.8) is 0 Å². The molecule has 0 aromatic rings. The van der Waals surface area contributed by atoms with E-state index in [2.05, 4.69) is 38.9 Å². The average molecular weight is 249 g/mol. The van der Waals surface area contributed by atoms with Gasteiger partial charge in [0.25, 0.3) is 0 Å². The SMILES string of the molecule is C=CCC(C)/C1=C/NCCC(C)(C)CCCCC1. The third kappa shape index (κ3) is 5.75. The van der Waals surface area contributed by atoms with Crippen molar-refractivity contribution in [3.8, 4) is 0 Å². The monoisotopic (exact) mass is 249 g/mol. The first kappa shape index (κ1) is 15.3. The highest BCUT2D eigenvalue weighted by atomic mass is 14.8. The highest BCUT2D eigenvalue weighted by Crippen LogP contribution is 2.29. The highest BCUT2D eigenvalue weighted by molar-refractivity contribution is 5.06. The lowest BCUT2D eigenvalue weighted by atomic mass is 9.83. The number of rotatable bonds is 3. The average Bonchev–Trinajstić information content (AvgIpc) is 2.34. The van der Waals surface area contributed by atoms with Gasteiger partial charge in [0.1, 0.15) is 0 Å². The van der Waals surface area contributed by atoms with Crippen LogP contribution in [0.1, 0.15) is 65.7 Å². The van der Waals surface area contributed by atoms with E-state index in [-0.39, 0.29) is 0 Å². The van der Waals surface area contributed by atoms with Crippen LogP contribution in [0.25, 0.3) is 0 Å². The second-order valence-electron chi connectivity index (χ2n) is 6.57. The number of hydrogen-bond acceptors (Lipinski definition) is 1. The molecule has 0 aromatic carbocycles. The molecule has 104 valence electrons. The number of nitrogens with one attached hydrogen (secondary N) is 1. The Morgan fingerprint density at radius 1 is 1.33 bits per heavy atom. The van der Waals surface area contributed by atoms with Crippen molar-refractivity contribution in [1.82, 2.24) is 5.32 Å². The summed E-state index contributed by atoms with van der Waals surface area (Å²) in [6, 6.07) is 0. The van der Waals surface area contributed by atoms with Crippen LogP contribution in [0.15, 0.2) is 24.4 Å². The minimum atomic E-state index is 0.498. The number of hydrogen-bond donors (Lipinski definition) is 1. The normalized spacial score (nSPS) is 26.1. The van der Waals surface area contributed by atoms with Gasteiger partial charge in [0.2, 0.25) is 0 Å². The van der Waals surface area contributed by atoms with Crippen molar-refractivity contribution in [3.05, 3.63) is 24.4 Å². The van der Waals surface area contributed by atoms with Crippen LogP contribution in [0.5, 0.6) is 0 Å². The fourth-order valence-electron chi connectivity index (χ4n) is 2.71. The van der Waals surface area contributed by atoms with Crippen LogP contribution in [0, 0.1) is 11.3 Å². The third-order valence-electron chi connectivity index (χ3n) is 4.21. The van der Waals surface area contributed by atoms with E-state index in [1.165, 1.54) is 38.5 Å². The zero-order valence-electron chi connectivity index (χ0n) is 12.6. The first-order chi connectivity index (χ1) is 8.55. The molecule has 0 radical (unpaired) electrons. The molecule has 1 N–H and O–H groups in total. The summed E-state index contributed by atoms with van der Waals surface area (Å²) < 4.78 is 0. The predicted molar refractivity (Wildman–Crippen MR) is 81.5 cm³/mol. The molecule has 0 bridgehead atoms. The topological polar surface area (TPSA) is 12.0 Å². The maximum Gasteiger partial charge on any atom is 0.0146 e. The summed E-state index contributed by atoms with van der Waals surface area (Å²) in [6.07, 6.45) is 13.4. The largest absolute Gasteiger partial charge is 0.391 e. The maximum absolute atomic E-state index is 3.86. The Morgan fingerprint density at radius 2 is 2.11 bits per heavy atom. The zero-order chi connectivity index (χ0) is 13.4. The van der Waals surface area contributed by atoms with Gasteiger partial charge in [-0.2, -0.15) is 0 Å². The van der Waals surface area contributed by atoms with Gasteiger partial charge in [-0.1, -0.05) is 45.3 Å². The van der Waals surface area contributed by atoms with Crippen LogP contribution in [-0.4, -0.2) is 6.54 Å². The van der Waals surface area contributed by atoms with Crippen LogP contribution in [0.4, 0.5) is 0 Å². The molecule has 1 aliphatic heterocycles. The predicted octanol–water partition coefficient (Wildman–Crippen LogP) is 5.05. The van der Waals surface area contributed by atoms with Crippen LogP contribution in [0.3, 0.4) is 0 Å². The molecule has 1 nitrogen and oxygen atoms in total. The summed E-state index contributed by atoms with van der Waals surface area (Å²) in [5.74, 6) is 0.642. The second-order valence-corrected chi connectivity index (χ2v) is 6.57. The van der Waals surface area contributed by atoms with Gasteiger partial charge in [-0.25, -0.2) is 0 Å². The van der Waals surface area contributed by atoms with Crippen LogP contribution in [0.2, 0.25) is 0 Å². The lowest BCUT2D eigenvalue weighted by molar-refractivity contribution is 0.295. The van der Waals surface area contributed by atoms with E-state index in [1.54, 1.807) is 5.57 Å². The van der Waals surface area contributed by atoms with E-state index in [0.29, 0.717) is 11.3 Å². The Morgan fingerprint density at radius 3 is 2.83 bits per heavy atom. The van der Waals surface area contributed by atoms with Gasteiger partial charge in [0.15, 0.2) is 0 Å². The van der Waals surface area contributed by atoms with Gasteiger partial charge < -0.3 is 5.32 Å². The van der Waals surface area contributed by atoms with Crippen molar-refractivity contribution < 1.29 is 0 Å². The first-order valence-electron chi connectivity index (χ1n) is 7.58. The van der Waals surface area contributed by atoms with Crippen molar-refractivity contribution in [1.29, 1.82) is 0 Å². The summed E-state index contributed by atoms with van der Waals surface area (Å²) in [4.78, 5) is 0. The van der Waals surface area contributed by atoms with Crippen molar-refractivity contribution >= 4 is 0 Å². The smallest absolute Gasteiger partial charge is 0.0146 e. The van der Waals surface area contributed by atoms with E-state index in [1.807, 2.05) is 6.08 Å². The molecule has 0 spiro atoms. The molecule has 0 saturated carbocycles. The molecule has 1 heterocycles. The summed E-state index contributed by atoms with van der Waals surface area (Å²) in [7, 11) is 0. The molecule has 1 atom stereocenters. The molecule has 0 amide bonds. The summed E-state index contributed by atoms with van der Waals surface area (Å²) in [5.41, 5.74) is 2.08. The molecule has 0 fully saturated rings. The quantitative estimate of drug-likeness (QED) is 0.690. The highest BCUT2D eigenvalue weighted by Gasteiger charge is 2.17. The van der Waals surface area contributed by atoms with Gasteiger partial charge in [-0.3, -0.25) is 0 Å². The van der Waals surface area contributed by atoms with E-state index in [4.69, 9.17) is 0 Å². The summed E-state index contributed by atoms with van der Waals surface area (Å²) in [6.45, 7) is 12.1. The molecule has 0 aromatic heterocycles. The Hall–Kier alpha value is -0.720. The minimum Gasteiger partial charge on any atom is -0.391 e. The van der Waals surface area contributed by atoms with Gasteiger partial charge in [0.05, 0.1) is 0 Å². The van der Waals surface area contributed by atoms with Crippen molar-refractivity contribution in [2.75, 3.05) is 6.54 Å². The Labute approximate surface area is 114 Å². The van der Waals surface area contributed by atoms with E-state index in [0.717, 1.165) is 13.0 Å². The van der Waals surface area contributed by atoms with Crippen LogP contribution in [-0.2, 0) is 0 Å². The van der Waals surface area contributed by atoms with Crippen LogP contribution < -0.4 is 5.32 Å². The molecule has 1 unspecified atom stereocenters. The molecular formula is C17H31N. The second kappa shape index (κ2) is 7.66. The lowest BCUT2D eigenvalue weighted by Gasteiger charge is -2.24. The van der Waals surface area contributed by atoms with Crippen molar-refractivity contribution in [2.24, 2.45) is 11.3 Å². The maximum atomic E-state index is 3.86. The Balaban J connectivity index is 2.58. The molecule has 0 saturated heterocycles. The van der Waals surface area contributed by atoms with E-state index >= 15 is 0 Å². The molecular weight excluding hydrogens is 218 g/mol. The summed E-state index contributed by atoms with van der Waals surface area (Å²) >= 11 is 0. The van der Waals surface area contributed by atoms with Gasteiger partial charge >= 0.3 is 0 Å². The summed E-state index contributed by atoms with van der Waals surface area (Å²) in [5, 5.41) is 3.53.